The molecule has 2 aromatic carbocycles. The second kappa shape index (κ2) is 6.27. The maximum absolute atomic E-state index is 12.7. The van der Waals surface area contributed by atoms with E-state index in [1.165, 1.54) is 11.8 Å². The fraction of sp³-hybridized carbons (Fsp3) is 0.389. The van der Waals surface area contributed by atoms with Crippen LogP contribution in [0.1, 0.15) is 23.2 Å². The highest BCUT2D eigenvalue weighted by Crippen LogP contribution is 2.26. The number of amides is 1. The summed E-state index contributed by atoms with van der Waals surface area (Å²) in [5, 5.41) is 5.87. The largest absolute Gasteiger partial charge is 0.338 e. The number of benzene rings is 2. The molecule has 0 aromatic heterocycles. The summed E-state index contributed by atoms with van der Waals surface area (Å²) in [6.07, 6.45) is 2.29. The van der Waals surface area contributed by atoms with E-state index in [9.17, 15) is 4.79 Å². The van der Waals surface area contributed by atoms with Crippen LogP contribution >= 0.6 is 12.4 Å². The smallest absolute Gasteiger partial charge is 0.253 e. The number of carbonyl (C=O) groups excluding carboxylic acids is 1. The standard InChI is InChI=1S/C18H20N2O.ClH/c21-18(20-10-8-17-16(12-20)7-9-19-17)15-6-5-13-3-1-2-4-14(13)11-15;/h1-6,11,16-17,19H,7-10,12H2;1H. The van der Waals surface area contributed by atoms with Gasteiger partial charge in [0, 0.05) is 24.7 Å². The van der Waals surface area contributed by atoms with E-state index in [2.05, 4.69) is 17.4 Å². The molecule has 2 atom stereocenters. The average molecular weight is 317 g/mol. The second-order valence-electron chi connectivity index (χ2n) is 6.21. The maximum Gasteiger partial charge on any atom is 0.253 e. The Labute approximate surface area is 137 Å². The molecule has 0 aliphatic carbocycles. The number of rotatable bonds is 1. The third-order valence-corrected chi connectivity index (χ3v) is 4.94. The summed E-state index contributed by atoms with van der Waals surface area (Å²) >= 11 is 0. The van der Waals surface area contributed by atoms with Crippen LogP contribution in [0.25, 0.3) is 10.8 Å². The van der Waals surface area contributed by atoms with E-state index in [0.717, 1.165) is 37.0 Å². The van der Waals surface area contributed by atoms with Gasteiger partial charge in [-0.25, -0.2) is 0 Å². The van der Waals surface area contributed by atoms with Crippen LogP contribution in [0.15, 0.2) is 42.5 Å². The number of nitrogens with one attached hydrogen (secondary N) is 1. The molecule has 22 heavy (non-hydrogen) atoms. The van der Waals surface area contributed by atoms with Crippen LogP contribution in [-0.2, 0) is 0 Å². The van der Waals surface area contributed by atoms with Crippen molar-refractivity contribution in [3.05, 3.63) is 48.0 Å². The first-order valence-corrected chi connectivity index (χ1v) is 7.83. The molecule has 0 spiro atoms. The van der Waals surface area contributed by atoms with Crippen molar-refractivity contribution in [3.63, 3.8) is 0 Å². The van der Waals surface area contributed by atoms with Gasteiger partial charge < -0.3 is 10.2 Å². The van der Waals surface area contributed by atoms with Crippen LogP contribution in [0.4, 0.5) is 0 Å². The molecule has 1 N–H and O–H groups in total. The first-order valence-electron chi connectivity index (χ1n) is 7.83. The molecular weight excluding hydrogens is 296 g/mol. The van der Waals surface area contributed by atoms with Gasteiger partial charge in [-0.05, 0) is 48.2 Å². The van der Waals surface area contributed by atoms with Gasteiger partial charge in [0.05, 0.1) is 0 Å². The van der Waals surface area contributed by atoms with Crippen LogP contribution in [0.5, 0.6) is 0 Å². The quantitative estimate of drug-likeness (QED) is 0.877. The normalized spacial score (nSPS) is 23.9. The predicted molar refractivity (Wildman–Crippen MR) is 91.6 cm³/mol. The van der Waals surface area contributed by atoms with Crippen molar-refractivity contribution in [2.75, 3.05) is 19.6 Å². The van der Waals surface area contributed by atoms with Gasteiger partial charge in [-0.2, -0.15) is 0 Å². The summed E-state index contributed by atoms with van der Waals surface area (Å²) in [4.78, 5) is 14.8. The molecule has 116 valence electrons. The number of piperidine rings is 1. The van der Waals surface area contributed by atoms with E-state index in [0.29, 0.717) is 12.0 Å². The summed E-state index contributed by atoms with van der Waals surface area (Å²) in [7, 11) is 0. The molecule has 2 aromatic rings. The Balaban J connectivity index is 0.00000144. The van der Waals surface area contributed by atoms with Gasteiger partial charge in [-0.3, -0.25) is 4.79 Å². The van der Waals surface area contributed by atoms with E-state index in [-0.39, 0.29) is 18.3 Å². The topological polar surface area (TPSA) is 32.3 Å². The molecule has 2 unspecified atom stereocenters. The minimum absolute atomic E-state index is 0. The van der Waals surface area contributed by atoms with Gasteiger partial charge >= 0.3 is 0 Å². The zero-order chi connectivity index (χ0) is 14.2. The van der Waals surface area contributed by atoms with Gasteiger partial charge in [0.25, 0.3) is 5.91 Å². The van der Waals surface area contributed by atoms with Gasteiger partial charge in [0.15, 0.2) is 0 Å². The number of halogens is 1. The van der Waals surface area contributed by atoms with E-state index >= 15 is 0 Å². The average Bonchev–Trinajstić information content (AvgIpc) is 3.01. The minimum atomic E-state index is 0. The lowest BCUT2D eigenvalue weighted by Crippen LogP contribution is -2.46. The number of hydrogen-bond acceptors (Lipinski definition) is 2. The number of nitrogens with zero attached hydrogens (tertiary/aromatic N) is 1. The molecule has 3 nitrogen and oxygen atoms in total. The molecule has 2 saturated heterocycles. The third kappa shape index (κ3) is 2.71. The third-order valence-electron chi connectivity index (χ3n) is 4.94. The zero-order valence-corrected chi connectivity index (χ0v) is 13.3. The summed E-state index contributed by atoms with van der Waals surface area (Å²) < 4.78 is 0. The summed E-state index contributed by atoms with van der Waals surface area (Å²) in [5.41, 5.74) is 0.818. The summed E-state index contributed by atoms with van der Waals surface area (Å²) in [6.45, 7) is 2.89. The lowest BCUT2D eigenvalue weighted by atomic mass is 9.93. The molecule has 0 saturated carbocycles. The molecule has 4 rings (SSSR count). The fourth-order valence-electron chi connectivity index (χ4n) is 3.74. The molecular formula is C18H21ClN2O. The molecule has 1 amide bonds. The summed E-state index contributed by atoms with van der Waals surface area (Å²) in [6, 6.07) is 14.9. The Morgan fingerprint density at radius 1 is 1.09 bits per heavy atom. The van der Waals surface area contributed by atoms with Crippen molar-refractivity contribution in [3.8, 4) is 0 Å². The molecule has 4 heteroatoms. The number of carbonyl (C=O) groups is 1. The predicted octanol–water partition coefficient (Wildman–Crippen LogP) is 3.09. The zero-order valence-electron chi connectivity index (χ0n) is 12.5. The van der Waals surface area contributed by atoms with E-state index < -0.39 is 0 Å². The maximum atomic E-state index is 12.7. The Bertz CT molecular complexity index is 688. The number of fused-ring (bicyclic) bond motifs is 2. The highest BCUT2D eigenvalue weighted by atomic mass is 35.5. The van der Waals surface area contributed by atoms with E-state index in [1.54, 1.807) is 0 Å². The van der Waals surface area contributed by atoms with Gasteiger partial charge in [0.2, 0.25) is 0 Å². The summed E-state index contributed by atoms with van der Waals surface area (Å²) in [5.74, 6) is 0.828. The fourth-order valence-corrected chi connectivity index (χ4v) is 3.74. The van der Waals surface area contributed by atoms with Crippen LogP contribution in [0.2, 0.25) is 0 Å². The molecule has 0 radical (unpaired) electrons. The monoisotopic (exact) mass is 316 g/mol. The molecule has 2 aliphatic rings. The van der Waals surface area contributed by atoms with Crippen molar-refractivity contribution < 1.29 is 4.79 Å². The van der Waals surface area contributed by atoms with Crippen LogP contribution < -0.4 is 5.32 Å². The van der Waals surface area contributed by atoms with Crippen molar-refractivity contribution in [2.24, 2.45) is 5.92 Å². The van der Waals surface area contributed by atoms with Crippen molar-refractivity contribution >= 4 is 29.1 Å². The van der Waals surface area contributed by atoms with Crippen LogP contribution in [-0.4, -0.2) is 36.5 Å². The van der Waals surface area contributed by atoms with Gasteiger partial charge in [-0.1, -0.05) is 30.3 Å². The number of likely N-dealkylation sites (tertiary alicyclic amines) is 1. The minimum Gasteiger partial charge on any atom is -0.338 e. The van der Waals surface area contributed by atoms with Crippen LogP contribution in [0, 0.1) is 5.92 Å². The van der Waals surface area contributed by atoms with Crippen molar-refractivity contribution in [1.82, 2.24) is 10.2 Å². The Hall–Kier alpha value is -1.58. The SMILES string of the molecule is Cl.O=C(c1ccc2ccccc2c1)N1CCC2NCCC2C1. The van der Waals surface area contributed by atoms with Crippen LogP contribution in [0.3, 0.4) is 0 Å². The highest BCUT2D eigenvalue weighted by Gasteiger charge is 2.34. The lowest BCUT2D eigenvalue weighted by Gasteiger charge is -2.35. The van der Waals surface area contributed by atoms with Gasteiger partial charge in [-0.15, -0.1) is 12.4 Å². The first-order chi connectivity index (χ1) is 10.3. The van der Waals surface area contributed by atoms with E-state index in [1.807, 2.05) is 35.2 Å². The highest BCUT2D eigenvalue weighted by molar-refractivity contribution is 5.98. The van der Waals surface area contributed by atoms with Gasteiger partial charge in [0.1, 0.15) is 0 Å². The number of hydrogen-bond donors (Lipinski definition) is 1. The Morgan fingerprint density at radius 3 is 2.77 bits per heavy atom. The molecule has 2 fully saturated rings. The first kappa shape index (κ1) is 15.3. The molecule has 2 heterocycles. The van der Waals surface area contributed by atoms with E-state index in [4.69, 9.17) is 0 Å². The molecule has 2 aliphatic heterocycles. The Kier molecular flexibility index (Phi) is 4.37. The van der Waals surface area contributed by atoms with Crippen molar-refractivity contribution in [1.29, 1.82) is 0 Å². The molecule has 0 bridgehead atoms. The second-order valence-corrected chi connectivity index (χ2v) is 6.21. The lowest BCUT2D eigenvalue weighted by molar-refractivity contribution is 0.0662. The Morgan fingerprint density at radius 2 is 1.91 bits per heavy atom. The van der Waals surface area contributed by atoms with Crippen molar-refractivity contribution in [2.45, 2.75) is 18.9 Å².